The molecule has 2 aromatic carbocycles. The van der Waals surface area contributed by atoms with Gasteiger partial charge in [-0.2, -0.15) is 0 Å². The van der Waals surface area contributed by atoms with Crippen molar-refractivity contribution in [2.24, 2.45) is 0 Å². The predicted molar refractivity (Wildman–Crippen MR) is 109 cm³/mol. The van der Waals surface area contributed by atoms with Gasteiger partial charge in [0.25, 0.3) is 5.91 Å². The summed E-state index contributed by atoms with van der Waals surface area (Å²) in [5.74, 6) is -0.0554. The molecule has 6 heteroatoms. The Labute approximate surface area is 174 Å². The van der Waals surface area contributed by atoms with Crippen molar-refractivity contribution in [3.63, 3.8) is 0 Å². The van der Waals surface area contributed by atoms with E-state index >= 15 is 0 Å². The molecule has 4 rings (SSSR count). The highest BCUT2D eigenvalue weighted by Gasteiger charge is 2.21. The highest BCUT2D eigenvalue weighted by atomic mass is 19.1. The quantitative estimate of drug-likeness (QED) is 0.576. The third-order valence-corrected chi connectivity index (χ3v) is 5.22. The summed E-state index contributed by atoms with van der Waals surface area (Å²) in [6, 6.07) is 17.8. The smallest absolute Gasteiger partial charge is 0.306 e. The molecule has 0 atom stereocenters. The molecular formula is C24H22FNO4. The van der Waals surface area contributed by atoms with E-state index in [9.17, 15) is 14.0 Å². The number of carbonyl (C=O) groups excluding carboxylic acids is 2. The Morgan fingerprint density at radius 3 is 2.60 bits per heavy atom. The van der Waals surface area contributed by atoms with Gasteiger partial charge in [0.1, 0.15) is 17.3 Å². The molecule has 154 valence electrons. The molecular weight excluding hydrogens is 385 g/mol. The second kappa shape index (κ2) is 8.95. The van der Waals surface area contributed by atoms with E-state index in [0.29, 0.717) is 36.6 Å². The van der Waals surface area contributed by atoms with E-state index in [2.05, 4.69) is 6.07 Å². The molecule has 0 bridgehead atoms. The van der Waals surface area contributed by atoms with Crippen molar-refractivity contribution < 1.29 is 23.1 Å². The molecule has 2 heterocycles. The number of rotatable bonds is 6. The summed E-state index contributed by atoms with van der Waals surface area (Å²) < 4.78 is 24.6. The van der Waals surface area contributed by atoms with Crippen molar-refractivity contribution in [3.05, 3.63) is 83.4 Å². The second-order valence-corrected chi connectivity index (χ2v) is 7.24. The van der Waals surface area contributed by atoms with Crippen molar-refractivity contribution in [1.82, 2.24) is 4.90 Å². The summed E-state index contributed by atoms with van der Waals surface area (Å²) in [6.45, 7) is 0.899. The van der Waals surface area contributed by atoms with Gasteiger partial charge in [0.05, 0.1) is 12.0 Å². The number of esters is 1. The molecule has 0 spiro atoms. The topological polar surface area (TPSA) is 59.8 Å². The standard InChI is InChI=1S/C24H22FNO4/c25-21-8-4-3-7-20(21)22-11-9-19(30-22)10-12-24(28)29-16-23(27)26-14-13-17-5-1-2-6-18(17)15-26/h1-9,11H,10,12-16H2. The second-order valence-electron chi connectivity index (χ2n) is 7.24. The number of furan rings is 1. The number of hydrogen-bond donors (Lipinski definition) is 0. The fraction of sp³-hybridized carbons (Fsp3) is 0.250. The van der Waals surface area contributed by atoms with Gasteiger partial charge < -0.3 is 14.1 Å². The largest absolute Gasteiger partial charge is 0.461 e. The van der Waals surface area contributed by atoms with Crippen LogP contribution in [0.5, 0.6) is 0 Å². The maximum absolute atomic E-state index is 13.8. The van der Waals surface area contributed by atoms with Crippen LogP contribution >= 0.6 is 0 Å². The van der Waals surface area contributed by atoms with Gasteiger partial charge in [0.2, 0.25) is 0 Å². The summed E-state index contributed by atoms with van der Waals surface area (Å²) in [5.41, 5.74) is 2.76. The summed E-state index contributed by atoms with van der Waals surface area (Å²) in [5, 5.41) is 0. The van der Waals surface area contributed by atoms with Crippen molar-refractivity contribution in [2.45, 2.75) is 25.8 Å². The SMILES string of the molecule is O=C(CCc1ccc(-c2ccccc2F)o1)OCC(=O)N1CCc2ccccc2C1. The summed E-state index contributed by atoms with van der Waals surface area (Å²) in [6.07, 6.45) is 1.21. The first-order valence-electron chi connectivity index (χ1n) is 9.94. The van der Waals surface area contributed by atoms with Crippen molar-refractivity contribution >= 4 is 11.9 Å². The van der Waals surface area contributed by atoms with Gasteiger partial charge in [0, 0.05) is 19.5 Å². The number of amides is 1. The molecule has 5 nitrogen and oxygen atoms in total. The van der Waals surface area contributed by atoms with E-state index in [1.54, 1.807) is 35.2 Å². The van der Waals surface area contributed by atoms with E-state index in [4.69, 9.17) is 9.15 Å². The number of halogens is 1. The number of nitrogens with zero attached hydrogens (tertiary/aromatic N) is 1. The Hall–Kier alpha value is -3.41. The van der Waals surface area contributed by atoms with Crippen LogP contribution < -0.4 is 0 Å². The molecule has 0 unspecified atom stereocenters. The Balaban J connectivity index is 1.24. The van der Waals surface area contributed by atoms with Gasteiger partial charge in [-0.15, -0.1) is 0 Å². The van der Waals surface area contributed by atoms with Crippen LogP contribution in [0.15, 0.2) is 65.1 Å². The Kier molecular flexibility index (Phi) is 5.93. The first-order valence-corrected chi connectivity index (χ1v) is 9.94. The van der Waals surface area contributed by atoms with Crippen LogP contribution in [0.3, 0.4) is 0 Å². The van der Waals surface area contributed by atoms with Gasteiger partial charge in [-0.05, 0) is 41.8 Å². The van der Waals surface area contributed by atoms with Crippen LogP contribution in [0, 0.1) is 5.82 Å². The molecule has 1 amide bonds. The Morgan fingerprint density at radius 1 is 1.00 bits per heavy atom. The highest BCUT2D eigenvalue weighted by Crippen LogP contribution is 2.25. The third kappa shape index (κ3) is 4.59. The fourth-order valence-corrected chi connectivity index (χ4v) is 3.56. The van der Waals surface area contributed by atoms with Crippen LogP contribution in [0.25, 0.3) is 11.3 Å². The lowest BCUT2D eigenvalue weighted by molar-refractivity contribution is -0.152. The van der Waals surface area contributed by atoms with Crippen LogP contribution in [0.4, 0.5) is 4.39 Å². The number of hydrogen-bond acceptors (Lipinski definition) is 4. The van der Waals surface area contributed by atoms with Gasteiger partial charge in [0.15, 0.2) is 6.61 Å². The third-order valence-electron chi connectivity index (χ3n) is 5.22. The molecule has 0 N–H and O–H groups in total. The van der Waals surface area contributed by atoms with Crippen LogP contribution in [-0.4, -0.2) is 29.9 Å². The maximum atomic E-state index is 13.8. The minimum atomic E-state index is -0.468. The molecule has 0 aliphatic carbocycles. The van der Waals surface area contributed by atoms with Gasteiger partial charge in [-0.1, -0.05) is 36.4 Å². The number of ether oxygens (including phenoxy) is 1. The van der Waals surface area contributed by atoms with E-state index in [0.717, 1.165) is 12.0 Å². The molecule has 30 heavy (non-hydrogen) atoms. The molecule has 0 saturated heterocycles. The van der Waals surface area contributed by atoms with E-state index in [1.165, 1.54) is 11.6 Å². The lowest BCUT2D eigenvalue weighted by Gasteiger charge is -2.28. The van der Waals surface area contributed by atoms with Crippen molar-refractivity contribution in [2.75, 3.05) is 13.2 Å². The minimum Gasteiger partial charge on any atom is -0.461 e. The number of carbonyl (C=O) groups is 2. The average molecular weight is 407 g/mol. The lowest BCUT2D eigenvalue weighted by Crippen LogP contribution is -2.38. The Bertz CT molecular complexity index is 1060. The van der Waals surface area contributed by atoms with Crippen molar-refractivity contribution in [1.29, 1.82) is 0 Å². The molecule has 0 fully saturated rings. The van der Waals surface area contributed by atoms with E-state index < -0.39 is 5.97 Å². The molecule has 0 radical (unpaired) electrons. The van der Waals surface area contributed by atoms with Crippen LogP contribution in [0.2, 0.25) is 0 Å². The lowest BCUT2D eigenvalue weighted by atomic mass is 10.00. The predicted octanol–water partition coefficient (Wildman–Crippen LogP) is 4.15. The van der Waals surface area contributed by atoms with Crippen molar-refractivity contribution in [3.8, 4) is 11.3 Å². The average Bonchev–Trinajstić information content (AvgIpc) is 3.25. The first-order chi connectivity index (χ1) is 14.6. The zero-order chi connectivity index (χ0) is 20.9. The first kappa shape index (κ1) is 19.9. The van der Waals surface area contributed by atoms with Gasteiger partial charge >= 0.3 is 5.97 Å². The monoisotopic (exact) mass is 407 g/mol. The van der Waals surface area contributed by atoms with Gasteiger partial charge in [-0.3, -0.25) is 9.59 Å². The molecule has 3 aromatic rings. The normalized spacial score (nSPS) is 13.0. The highest BCUT2D eigenvalue weighted by molar-refractivity contribution is 5.81. The molecule has 1 aliphatic rings. The summed E-state index contributed by atoms with van der Waals surface area (Å²) >= 11 is 0. The fourth-order valence-electron chi connectivity index (χ4n) is 3.56. The molecule has 1 aliphatic heterocycles. The van der Waals surface area contributed by atoms with Crippen LogP contribution in [-0.2, 0) is 33.7 Å². The maximum Gasteiger partial charge on any atom is 0.306 e. The zero-order valence-electron chi connectivity index (χ0n) is 16.5. The minimum absolute atomic E-state index is 0.0837. The van der Waals surface area contributed by atoms with E-state index in [1.807, 2.05) is 18.2 Å². The summed E-state index contributed by atoms with van der Waals surface area (Å²) in [4.78, 5) is 26.1. The van der Waals surface area contributed by atoms with Gasteiger partial charge in [-0.25, -0.2) is 4.39 Å². The van der Waals surface area contributed by atoms with Crippen LogP contribution in [0.1, 0.15) is 23.3 Å². The zero-order valence-corrected chi connectivity index (χ0v) is 16.5. The molecule has 0 saturated carbocycles. The number of fused-ring (bicyclic) bond motifs is 1. The summed E-state index contributed by atoms with van der Waals surface area (Å²) in [7, 11) is 0. The number of aryl methyl sites for hydroxylation is 1. The molecule has 1 aromatic heterocycles. The number of benzene rings is 2. The van der Waals surface area contributed by atoms with E-state index in [-0.39, 0.29) is 24.8 Å². The Morgan fingerprint density at radius 2 is 1.77 bits per heavy atom.